The van der Waals surface area contributed by atoms with E-state index in [1.165, 1.54) is 75.3 Å². The zero-order chi connectivity index (χ0) is 16.2. The van der Waals surface area contributed by atoms with Gasteiger partial charge in [-0.05, 0) is 49.3 Å². The predicted octanol–water partition coefficient (Wildman–Crippen LogP) is 6.73. The Morgan fingerprint density at radius 3 is 1.95 bits per heavy atom. The van der Waals surface area contributed by atoms with Gasteiger partial charge >= 0.3 is 0 Å². The van der Waals surface area contributed by atoms with Gasteiger partial charge in [0.2, 0.25) is 0 Å². The van der Waals surface area contributed by atoms with Crippen LogP contribution in [0, 0.1) is 6.92 Å². The number of phenols is 1. The van der Waals surface area contributed by atoms with E-state index in [4.69, 9.17) is 0 Å². The topological polar surface area (TPSA) is 20.2 Å². The number of phenolic OH excluding ortho intramolecular Hbond substituents is 1. The van der Waals surface area contributed by atoms with Crippen LogP contribution in [0.5, 0.6) is 5.75 Å². The largest absolute Gasteiger partial charge is 0.507 e. The molecule has 1 aromatic rings. The summed E-state index contributed by atoms with van der Waals surface area (Å²) in [6.07, 6.45) is 15.3. The van der Waals surface area contributed by atoms with Gasteiger partial charge in [-0.3, -0.25) is 0 Å². The van der Waals surface area contributed by atoms with Crippen molar-refractivity contribution in [3.63, 3.8) is 0 Å². The second-order valence-electron chi connectivity index (χ2n) is 6.70. The van der Waals surface area contributed by atoms with Crippen molar-refractivity contribution >= 4 is 0 Å². The molecule has 22 heavy (non-hydrogen) atoms. The molecule has 0 saturated carbocycles. The lowest BCUT2D eigenvalue weighted by atomic mass is 9.94. The highest BCUT2D eigenvalue weighted by Gasteiger charge is 2.10. The van der Waals surface area contributed by atoms with Gasteiger partial charge in [-0.25, -0.2) is 0 Å². The molecular formula is C21H36O. The molecule has 0 fully saturated rings. The Kier molecular flexibility index (Phi) is 10.0. The van der Waals surface area contributed by atoms with E-state index in [1.807, 2.05) is 6.92 Å². The van der Waals surface area contributed by atoms with Crippen LogP contribution in [-0.4, -0.2) is 5.11 Å². The van der Waals surface area contributed by atoms with Gasteiger partial charge in [0.25, 0.3) is 0 Å². The van der Waals surface area contributed by atoms with E-state index < -0.39 is 0 Å². The highest BCUT2D eigenvalue weighted by atomic mass is 16.3. The van der Waals surface area contributed by atoms with E-state index in [0.717, 1.165) is 18.4 Å². The van der Waals surface area contributed by atoms with Gasteiger partial charge in [0, 0.05) is 0 Å². The van der Waals surface area contributed by atoms with Gasteiger partial charge in [-0.15, -0.1) is 0 Å². The molecular weight excluding hydrogens is 268 g/mol. The van der Waals surface area contributed by atoms with Crippen LogP contribution in [0.25, 0.3) is 0 Å². The first kappa shape index (κ1) is 19.1. The smallest absolute Gasteiger partial charge is 0.121 e. The zero-order valence-corrected chi connectivity index (χ0v) is 15.1. The van der Waals surface area contributed by atoms with E-state index in [9.17, 15) is 5.11 Å². The van der Waals surface area contributed by atoms with Crippen LogP contribution in [0.3, 0.4) is 0 Å². The summed E-state index contributed by atoms with van der Waals surface area (Å²) in [5.41, 5.74) is 3.61. The quantitative estimate of drug-likeness (QED) is 0.425. The highest BCUT2D eigenvalue weighted by Crippen LogP contribution is 2.28. The normalized spacial score (nSPS) is 11.0. The second-order valence-corrected chi connectivity index (χ2v) is 6.70. The molecule has 0 aromatic heterocycles. The third-order valence-electron chi connectivity index (χ3n) is 4.66. The Labute approximate surface area is 138 Å². The molecule has 0 atom stereocenters. The summed E-state index contributed by atoms with van der Waals surface area (Å²) < 4.78 is 0. The predicted molar refractivity (Wildman–Crippen MR) is 97.8 cm³/mol. The first-order valence-electron chi connectivity index (χ1n) is 9.51. The molecule has 1 aromatic carbocycles. The molecule has 0 amide bonds. The average molecular weight is 305 g/mol. The van der Waals surface area contributed by atoms with E-state index in [-0.39, 0.29) is 0 Å². The molecule has 1 nitrogen and oxygen atoms in total. The molecule has 0 spiro atoms. The standard InChI is InChI=1S/C21H36O/c1-4-6-8-9-10-11-12-13-15-20-19(14-7-5-2)17-16-18(3)21(20)22/h16-17,22H,4-15H2,1-3H3. The first-order chi connectivity index (χ1) is 10.7. The Morgan fingerprint density at radius 2 is 1.32 bits per heavy atom. The minimum Gasteiger partial charge on any atom is -0.507 e. The molecule has 0 saturated heterocycles. The molecule has 0 aliphatic rings. The summed E-state index contributed by atoms with van der Waals surface area (Å²) in [7, 11) is 0. The van der Waals surface area contributed by atoms with Crippen LogP contribution in [0.15, 0.2) is 12.1 Å². The number of hydrogen-bond donors (Lipinski definition) is 1. The number of hydrogen-bond acceptors (Lipinski definition) is 1. The Hall–Kier alpha value is -0.980. The van der Waals surface area contributed by atoms with Gasteiger partial charge in [0.1, 0.15) is 5.75 Å². The summed E-state index contributed by atoms with van der Waals surface area (Å²) in [6.45, 7) is 6.51. The lowest BCUT2D eigenvalue weighted by Crippen LogP contribution is -1.97. The Balaban J connectivity index is 2.38. The first-order valence-corrected chi connectivity index (χ1v) is 9.51. The van der Waals surface area contributed by atoms with Crippen molar-refractivity contribution in [2.45, 2.75) is 97.8 Å². The van der Waals surface area contributed by atoms with Crippen LogP contribution in [0.1, 0.15) is 94.7 Å². The molecule has 1 heteroatoms. The van der Waals surface area contributed by atoms with Crippen LogP contribution < -0.4 is 0 Å². The molecule has 0 bridgehead atoms. The fourth-order valence-corrected chi connectivity index (χ4v) is 3.11. The highest BCUT2D eigenvalue weighted by molar-refractivity contribution is 5.45. The van der Waals surface area contributed by atoms with Crippen molar-refractivity contribution < 1.29 is 5.11 Å². The molecule has 0 aliphatic heterocycles. The average Bonchev–Trinajstić information content (AvgIpc) is 2.52. The number of aromatic hydroxyl groups is 1. The molecule has 0 unspecified atom stereocenters. The summed E-state index contributed by atoms with van der Waals surface area (Å²) >= 11 is 0. The van der Waals surface area contributed by atoms with Crippen molar-refractivity contribution in [3.05, 3.63) is 28.8 Å². The van der Waals surface area contributed by atoms with E-state index >= 15 is 0 Å². The molecule has 0 radical (unpaired) electrons. The SMILES string of the molecule is CCCCCCCCCCc1c(CCCC)ccc(C)c1O. The van der Waals surface area contributed by atoms with Crippen LogP contribution >= 0.6 is 0 Å². The second kappa shape index (κ2) is 11.6. The fraction of sp³-hybridized carbons (Fsp3) is 0.714. The number of unbranched alkanes of at least 4 members (excludes halogenated alkanes) is 8. The molecule has 0 heterocycles. The van der Waals surface area contributed by atoms with Crippen molar-refractivity contribution in [1.29, 1.82) is 0 Å². The Bertz CT molecular complexity index is 409. The van der Waals surface area contributed by atoms with Crippen molar-refractivity contribution in [3.8, 4) is 5.75 Å². The summed E-state index contributed by atoms with van der Waals surface area (Å²) in [4.78, 5) is 0. The maximum atomic E-state index is 10.4. The van der Waals surface area contributed by atoms with Gasteiger partial charge in [-0.2, -0.15) is 0 Å². The minimum absolute atomic E-state index is 0.552. The monoisotopic (exact) mass is 304 g/mol. The summed E-state index contributed by atoms with van der Waals surface area (Å²) in [5, 5.41) is 10.4. The van der Waals surface area contributed by atoms with Gasteiger partial charge in [0.05, 0.1) is 0 Å². The van der Waals surface area contributed by atoms with Crippen molar-refractivity contribution in [1.82, 2.24) is 0 Å². The molecule has 1 rings (SSSR count). The summed E-state index contributed by atoms with van der Waals surface area (Å²) in [5.74, 6) is 0.552. The fourth-order valence-electron chi connectivity index (χ4n) is 3.11. The lowest BCUT2D eigenvalue weighted by molar-refractivity contribution is 0.460. The van der Waals surface area contributed by atoms with Crippen LogP contribution in [-0.2, 0) is 12.8 Å². The van der Waals surface area contributed by atoms with Crippen LogP contribution in [0.4, 0.5) is 0 Å². The molecule has 1 N–H and O–H groups in total. The van der Waals surface area contributed by atoms with Crippen LogP contribution in [0.2, 0.25) is 0 Å². The third kappa shape index (κ3) is 6.85. The van der Waals surface area contributed by atoms with E-state index in [0.29, 0.717) is 5.75 Å². The molecule has 0 aliphatic carbocycles. The van der Waals surface area contributed by atoms with Crippen molar-refractivity contribution in [2.24, 2.45) is 0 Å². The van der Waals surface area contributed by atoms with E-state index in [2.05, 4.69) is 26.0 Å². The maximum absolute atomic E-state index is 10.4. The van der Waals surface area contributed by atoms with E-state index in [1.54, 1.807) is 0 Å². The third-order valence-corrected chi connectivity index (χ3v) is 4.66. The lowest BCUT2D eigenvalue weighted by Gasteiger charge is -2.13. The van der Waals surface area contributed by atoms with Gasteiger partial charge < -0.3 is 5.11 Å². The summed E-state index contributed by atoms with van der Waals surface area (Å²) in [6, 6.07) is 4.29. The minimum atomic E-state index is 0.552. The number of rotatable bonds is 12. The Morgan fingerprint density at radius 1 is 0.727 bits per heavy atom. The maximum Gasteiger partial charge on any atom is 0.121 e. The van der Waals surface area contributed by atoms with Gasteiger partial charge in [-0.1, -0.05) is 77.3 Å². The number of benzene rings is 1. The van der Waals surface area contributed by atoms with Gasteiger partial charge in [0.15, 0.2) is 0 Å². The zero-order valence-electron chi connectivity index (χ0n) is 15.1. The van der Waals surface area contributed by atoms with Crippen molar-refractivity contribution in [2.75, 3.05) is 0 Å². The molecule has 126 valence electrons. The number of aryl methyl sites for hydroxylation is 2.